The number of aliphatic hydroxyl groups is 1. The summed E-state index contributed by atoms with van der Waals surface area (Å²) in [6.45, 7) is 3.22. The fraction of sp³-hybridized carbons (Fsp3) is 0.250. The van der Waals surface area contributed by atoms with Crippen LogP contribution in [0.15, 0.2) is 46.8 Å². The first-order chi connectivity index (χ1) is 8.43. The molecule has 0 amide bonds. The Morgan fingerprint density at radius 2 is 1.94 bits per heavy atom. The second-order valence-corrected chi connectivity index (χ2v) is 4.30. The molecule has 0 saturated carbocycles. The number of nitrogens with zero attached hydrogens (tertiary/aromatic N) is 2. The van der Waals surface area contributed by atoms with Gasteiger partial charge in [0.1, 0.15) is 11.5 Å². The molecule has 6 nitrogen and oxygen atoms in total. The molecule has 0 aliphatic carbocycles. The number of benzene rings is 1. The topological polar surface area (TPSA) is 99.9 Å². The first-order valence-electron chi connectivity index (χ1n) is 5.58. The molecular formula is C12H17N5O. The Hall–Kier alpha value is -2.05. The van der Waals surface area contributed by atoms with Crippen molar-refractivity contribution < 1.29 is 5.11 Å². The van der Waals surface area contributed by atoms with Gasteiger partial charge in [-0.15, -0.1) is 0 Å². The number of aliphatic imine (C=N–C) groups is 1. The third kappa shape index (κ3) is 2.03. The second-order valence-electron chi connectivity index (χ2n) is 4.30. The van der Waals surface area contributed by atoms with E-state index in [9.17, 15) is 5.11 Å². The van der Waals surface area contributed by atoms with Crippen molar-refractivity contribution in [1.82, 2.24) is 5.01 Å². The largest absolute Gasteiger partial charge is 0.395 e. The lowest BCUT2D eigenvalue weighted by atomic mass is 10.1. The molecule has 1 heterocycles. The van der Waals surface area contributed by atoms with Gasteiger partial charge in [-0.3, -0.25) is 5.01 Å². The van der Waals surface area contributed by atoms with Crippen LogP contribution >= 0.6 is 0 Å². The number of hydrazine groups is 1. The van der Waals surface area contributed by atoms with Crippen LogP contribution in [0, 0.1) is 0 Å². The lowest BCUT2D eigenvalue weighted by Gasteiger charge is -2.38. The highest BCUT2D eigenvalue weighted by Crippen LogP contribution is 2.25. The van der Waals surface area contributed by atoms with Gasteiger partial charge >= 0.3 is 0 Å². The van der Waals surface area contributed by atoms with Gasteiger partial charge in [0.25, 0.3) is 0 Å². The Morgan fingerprint density at radius 1 is 1.33 bits per heavy atom. The average molecular weight is 247 g/mol. The summed E-state index contributed by atoms with van der Waals surface area (Å²) in [6, 6.07) is 9.47. The van der Waals surface area contributed by atoms with E-state index < -0.39 is 5.72 Å². The van der Waals surface area contributed by atoms with Crippen molar-refractivity contribution in [1.29, 1.82) is 0 Å². The van der Waals surface area contributed by atoms with E-state index in [0.717, 1.165) is 10.7 Å². The van der Waals surface area contributed by atoms with Crippen LogP contribution in [0.1, 0.15) is 13.8 Å². The second kappa shape index (κ2) is 4.32. The van der Waals surface area contributed by atoms with Crippen molar-refractivity contribution in [2.45, 2.75) is 19.6 Å². The van der Waals surface area contributed by atoms with Crippen LogP contribution in [0.2, 0.25) is 0 Å². The van der Waals surface area contributed by atoms with Crippen molar-refractivity contribution in [3.8, 4) is 0 Å². The van der Waals surface area contributed by atoms with E-state index in [4.69, 9.17) is 11.6 Å². The number of nitrogens with two attached hydrogens (primary N) is 2. The van der Waals surface area contributed by atoms with Gasteiger partial charge in [-0.25, -0.2) is 10.8 Å². The van der Waals surface area contributed by atoms with Crippen LogP contribution in [-0.2, 0) is 0 Å². The van der Waals surface area contributed by atoms with Crippen molar-refractivity contribution in [3.05, 3.63) is 41.8 Å². The van der Waals surface area contributed by atoms with E-state index in [-0.39, 0.29) is 5.70 Å². The zero-order valence-electron chi connectivity index (χ0n) is 10.4. The van der Waals surface area contributed by atoms with Gasteiger partial charge < -0.3 is 16.2 Å². The normalized spacial score (nSPS) is 24.0. The summed E-state index contributed by atoms with van der Waals surface area (Å²) in [7, 11) is 0. The highest BCUT2D eigenvalue weighted by atomic mass is 16.3. The van der Waals surface area contributed by atoms with Crippen molar-refractivity contribution in [2.75, 3.05) is 5.32 Å². The van der Waals surface area contributed by atoms with Crippen molar-refractivity contribution >= 4 is 11.5 Å². The highest BCUT2D eigenvalue weighted by Gasteiger charge is 2.37. The Bertz CT molecular complexity index is 506. The molecular weight excluding hydrogens is 230 g/mol. The van der Waals surface area contributed by atoms with Crippen molar-refractivity contribution in [3.63, 3.8) is 0 Å². The van der Waals surface area contributed by atoms with Gasteiger partial charge in [0, 0.05) is 5.69 Å². The van der Waals surface area contributed by atoms with Crippen LogP contribution in [0.3, 0.4) is 0 Å². The molecule has 1 aromatic rings. The number of amidine groups is 1. The predicted molar refractivity (Wildman–Crippen MR) is 71.0 cm³/mol. The van der Waals surface area contributed by atoms with E-state index in [0.29, 0.717) is 11.7 Å². The van der Waals surface area contributed by atoms with Gasteiger partial charge in [-0.1, -0.05) is 18.2 Å². The molecule has 0 saturated heterocycles. The molecule has 0 radical (unpaired) electrons. The molecule has 6 heteroatoms. The van der Waals surface area contributed by atoms with Crippen LogP contribution in [0.5, 0.6) is 0 Å². The van der Waals surface area contributed by atoms with E-state index in [2.05, 4.69) is 10.3 Å². The maximum Gasteiger partial charge on any atom is 0.194 e. The number of rotatable bonds is 2. The van der Waals surface area contributed by atoms with Gasteiger partial charge in [0.05, 0.1) is 0 Å². The number of hydrogen-bond donors (Lipinski definition) is 4. The summed E-state index contributed by atoms with van der Waals surface area (Å²) in [5.41, 5.74) is 5.46. The van der Waals surface area contributed by atoms with Gasteiger partial charge in [0.15, 0.2) is 11.5 Å². The third-order valence-corrected chi connectivity index (χ3v) is 2.89. The van der Waals surface area contributed by atoms with Gasteiger partial charge in [0.2, 0.25) is 0 Å². The first kappa shape index (κ1) is 12.4. The predicted octanol–water partition coefficient (Wildman–Crippen LogP) is 0.542. The SMILES string of the molecule is CC1=NC(Nc2ccccc2)=C(N)C(C)(O)N1N. The molecule has 2 rings (SSSR count). The fourth-order valence-electron chi connectivity index (χ4n) is 1.70. The standard InChI is InChI=1S/C12H17N5O/c1-8-15-11(10(13)12(2,18)17(8)14)16-9-6-4-3-5-7-9/h3-7,16,18H,13-14H2,1-2H3. The Morgan fingerprint density at radius 3 is 2.56 bits per heavy atom. The number of para-hydroxylation sites is 1. The Labute approximate surface area is 106 Å². The van der Waals surface area contributed by atoms with E-state index in [1.54, 1.807) is 6.92 Å². The van der Waals surface area contributed by atoms with Gasteiger partial charge in [-0.2, -0.15) is 0 Å². The first-order valence-corrected chi connectivity index (χ1v) is 5.58. The maximum atomic E-state index is 10.2. The number of nitrogens with one attached hydrogen (secondary N) is 1. The smallest absolute Gasteiger partial charge is 0.194 e. The highest BCUT2D eigenvalue weighted by molar-refractivity contribution is 5.83. The summed E-state index contributed by atoms with van der Waals surface area (Å²) in [4.78, 5) is 4.24. The van der Waals surface area contributed by atoms with Crippen LogP contribution in [0.25, 0.3) is 0 Å². The quantitative estimate of drug-likeness (QED) is 0.572. The average Bonchev–Trinajstić information content (AvgIpc) is 2.35. The monoisotopic (exact) mass is 247 g/mol. The summed E-state index contributed by atoms with van der Waals surface area (Å²) in [5.74, 6) is 6.60. The number of hydrogen-bond acceptors (Lipinski definition) is 6. The minimum atomic E-state index is -1.46. The van der Waals surface area contributed by atoms with Crippen LogP contribution < -0.4 is 16.9 Å². The molecule has 0 spiro atoms. The summed E-state index contributed by atoms with van der Waals surface area (Å²) in [5, 5.41) is 14.4. The molecule has 18 heavy (non-hydrogen) atoms. The van der Waals surface area contributed by atoms with E-state index in [1.165, 1.54) is 6.92 Å². The van der Waals surface area contributed by atoms with Crippen LogP contribution in [0.4, 0.5) is 5.69 Å². The fourth-order valence-corrected chi connectivity index (χ4v) is 1.70. The molecule has 0 aromatic heterocycles. The molecule has 0 bridgehead atoms. The molecule has 1 aliphatic heterocycles. The lowest BCUT2D eigenvalue weighted by molar-refractivity contribution is -0.0248. The van der Waals surface area contributed by atoms with E-state index >= 15 is 0 Å². The maximum absolute atomic E-state index is 10.2. The van der Waals surface area contributed by atoms with E-state index in [1.807, 2.05) is 30.3 Å². The Kier molecular flexibility index (Phi) is 2.98. The molecule has 96 valence electrons. The minimum absolute atomic E-state index is 0.180. The zero-order chi connectivity index (χ0) is 13.3. The summed E-state index contributed by atoms with van der Waals surface area (Å²) >= 11 is 0. The lowest BCUT2D eigenvalue weighted by Crippen LogP contribution is -2.58. The Balaban J connectivity index is 2.35. The molecule has 6 N–H and O–H groups in total. The molecule has 1 atom stereocenters. The molecule has 0 fully saturated rings. The molecule has 1 unspecified atom stereocenters. The zero-order valence-corrected chi connectivity index (χ0v) is 10.4. The van der Waals surface area contributed by atoms with Gasteiger partial charge in [-0.05, 0) is 26.0 Å². The summed E-state index contributed by atoms with van der Waals surface area (Å²) < 4.78 is 0. The minimum Gasteiger partial charge on any atom is -0.395 e. The number of anilines is 1. The van der Waals surface area contributed by atoms with Crippen LogP contribution in [-0.4, -0.2) is 21.7 Å². The summed E-state index contributed by atoms with van der Waals surface area (Å²) in [6.07, 6.45) is 0. The third-order valence-electron chi connectivity index (χ3n) is 2.89. The molecule has 1 aliphatic rings. The van der Waals surface area contributed by atoms with Crippen molar-refractivity contribution in [2.24, 2.45) is 16.6 Å². The molecule has 1 aromatic carbocycles.